The van der Waals surface area contributed by atoms with E-state index in [9.17, 15) is 9.59 Å². The molecule has 3 rings (SSSR count). The minimum Gasteiger partial charge on any atom is -0.355 e. The third-order valence-electron chi connectivity index (χ3n) is 4.05. The number of rotatable bonds is 5. The van der Waals surface area contributed by atoms with Gasteiger partial charge in [-0.1, -0.05) is 18.2 Å². The average molecular weight is 388 g/mol. The number of hydrogen-bond acceptors (Lipinski definition) is 3. The molecule has 0 aliphatic carbocycles. The molecule has 0 spiro atoms. The van der Waals surface area contributed by atoms with Gasteiger partial charge in [-0.05, 0) is 40.2 Å². The molecule has 1 unspecified atom stereocenters. The number of benzene rings is 1. The molecular weight excluding hydrogens is 370 g/mol. The molecule has 1 saturated heterocycles. The van der Waals surface area contributed by atoms with Gasteiger partial charge >= 0.3 is 0 Å². The van der Waals surface area contributed by atoms with E-state index in [-0.39, 0.29) is 24.2 Å². The first-order valence-electron chi connectivity index (χ1n) is 7.87. The lowest BCUT2D eigenvalue weighted by Crippen LogP contribution is -2.34. The lowest BCUT2D eigenvalue weighted by molar-refractivity contribution is -0.126. The highest BCUT2D eigenvalue weighted by atomic mass is 79.9. The zero-order valence-corrected chi connectivity index (χ0v) is 14.7. The number of carbonyl (C=O) groups is 2. The third kappa shape index (κ3) is 3.82. The summed E-state index contributed by atoms with van der Waals surface area (Å²) in [6.45, 7) is 0.937. The molecule has 0 radical (unpaired) electrons. The molecule has 1 N–H and O–H groups in total. The fourth-order valence-corrected chi connectivity index (χ4v) is 3.29. The number of hydrogen-bond donors (Lipinski definition) is 1. The van der Waals surface area contributed by atoms with Crippen molar-refractivity contribution in [1.82, 2.24) is 10.3 Å². The second kappa shape index (κ2) is 7.57. The summed E-state index contributed by atoms with van der Waals surface area (Å²) >= 11 is 3.46. The van der Waals surface area contributed by atoms with Crippen molar-refractivity contribution in [3.8, 4) is 0 Å². The Hall–Kier alpha value is -2.21. The predicted octanol–water partition coefficient (Wildman–Crippen LogP) is 2.56. The predicted molar refractivity (Wildman–Crippen MR) is 95.6 cm³/mol. The van der Waals surface area contributed by atoms with E-state index in [1.807, 2.05) is 42.5 Å². The van der Waals surface area contributed by atoms with Crippen molar-refractivity contribution in [3.63, 3.8) is 0 Å². The fourth-order valence-electron chi connectivity index (χ4n) is 2.79. The summed E-state index contributed by atoms with van der Waals surface area (Å²) in [4.78, 5) is 30.5. The number of anilines is 1. The molecule has 1 aliphatic rings. The number of nitrogens with zero attached hydrogens (tertiary/aromatic N) is 2. The quantitative estimate of drug-likeness (QED) is 0.857. The second-order valence-corrected chi connectivity index (χ2v) is 6.57. The van der Waals surface area contributed by atoms with E-state index in [1.54, 1.807) is 11.1 Å². The van der Waals surface area contributed by atoms with E-state index in [0.29, 0.717) is 19.5 Å². The van der Waals surface area contributed by atoms with E-state index in [4.69, 9.17) is 0 Å². The van der Waals surface area contributed by atoms with Gasteiger partial charge in [-0.3, -0.25) is 14.6 Å². The van der Waals surface area contributed by atoms with Crippen molar-refractivity contribution >= 4 is 33.4 Å². The van der Waals surface area contributed by atoms with Crippen LogP contribution in [0.2, 0.25) is 0 Å². The van der Waals surface area contributed by atoms with Gasteiger partial charge in [-0.2, -0.15) is 0 Å². The number of pyridine rings is 1. The van der Waals surface area contributed by atoms with E-state index in [2.05, 4.69) is 26.2 Å². The molecule has 1 aromatic carbocycles. The number of nitrogens with one attached hydrogen (secondary N) is 1. The zero-order valence-electron chi connectivity index (χ0n) is 13.1. The van der Waals surface area contributed by atoms with E-state index in [1.165, 1.54) is 0 Å². The lowest BCUT2D eigenvalue weighted by atomic mass is 10.1. The second-order valence-electron chi connectivity index (χ2n) is 5.72. The molecule has 24 heavy (non-hydrogen) atoms. The number of amides is 2. The molecule has 2 heterocycles. The van der Waals surface area contributed by atoms with Crippen LogP contribution in [-0.2, 0) is 16.0 Å². The van der Waals surface area contributed by atoms with E-state index >= 15 is 0 Å². The van der Waals surface area contributed by atoms with Gasteiger partial charge in [0.1, 0.15) is 0 Å². The van der Waals surface area contributed by atoms with Gasteiger partial charge in [0.15, 0.2) is 0 Å². The SMILES string of the molecule is O=C(NCCc1ccccn1)C1CC(=O)N(c2ccccc2Br)C1. The maximum atomic E-state index is 12.3. The Kier molecular flexibility index (Phi) is 5.25. The molecule has 124 valence electrons. The molecule has 6 heteroatoms. The van der Waals surface area contributed by atoms with E-state index in [0.717, 1.165) is 15.9 Å². The first-order valence-corrected chi connectivity index (χ1v) is 8.67. The Balaban J connectivity index is 1.55. The summed E-state index contributed by atoms with van der Waals surface area (Å²) in [5, 5.41) is 2.91. The minimum absolute atomic E-state index is 0.0215. The molecule has 0 bridgehead atoms. The number of aromatic nitrogens is 1. The smallest absolute Gasteiger partial charge is 0.227 e. The van der Waals surface area contributed by atoms with Crippen LogP contribution in [0.1, 0.15) is 12.1 Å². The van der Waals surface area contributed by atoms with Gasteiger partial charge in [0.25, 0.3) is 0 Å². The largest absolute Gasteiger partial charge is 0.355 e. The van der Waals surface area contributed by atoms with E-state index < -0.39 is 0 Å². The molecule has 5 nitrogen and oxygen atoms in total. The van der Waals surface area contributed by atoms with Gasteiger partial charge < -0.3 is 10.2 Å². The number of halogens is 1. The normalized spacial score (nSPS) is 17.1. The molecule has 1 aromatic heterocycles. The van der Waals surface area contributed by atoms with Gasteiger partial charge in [-0.25, -0.2) is 0 Å². The highest BCUT2D eigenvalue weighted by Crippen LogP contribution is 2.31. The van der Waals surface area contributed by atoms with Gasteiger partial charge in [0.2, 0.25) is 11.8 Å². The molecule has 2 amide bonds. The Bertz CT molecular complexity index is 736. The summed E-state index contributed by atoms with van der Waals surface area (Å²) in [5.41, 5.74) is 1.75. The average Bonchev–Trinajstić information content (AvgIpc) is 2.98. The third-order valence-corrected chi connectivity index (χ3v) is 4.72. The first kappa shape index (κ1) is 16.6. The fraction of sp³-hybridized carbons (Fsp3) is 0.278. The van der Waals surface area contributed by atoms with Crippen LogP contribution in [-0.4, -0.2) is 29.9 Å². The highest BCUT2D eigenvalue weighted by molar-refractivity contribution is 9.10. The topological polar surface area (TPSA) is 62.3 Å². The molecule has 1 aliphatic heterocycles. The van der Waals surface area contributed by atoms with Crippen LogP contribution < -0.4 is 10.2 Å². The Morgan fingerprint density at radius 2 is 2.04 bits per heavy atom. The molecule has 2 aromatic rings. The standard InChI is InChI=1S/C18H18BrN3O2/c19-15-6-1-2-7-16(15)22-12-13(11-17(22)23)18(24)21-10-8-14-5-3-4-9-20-14/h1-7,9,13H,8,10-12H2,(H,21,24). The molecule has 0 saturated carbocycles. The summed E-state index contributed by atoms with van der Waals surface area (Å²) in [6.07, 6.45) is 2.67. The van der Waals surface area contributed by atoms with Crippen LogP contribution in [0.3, 0.4) is 0 Å². The maximum Gasteiger partial charge on any atom is 0.227 e. The van der Waals surface area contributed by atoms with Crippen molar-refractivity contribution in [3.05, 3.63) is 58.8 Å². The summed E-state index contributed by atoms with van der Waals surface area (Å²) in [5.74, 6) is -0.408. The van der Waals surface area contributed by atoms with Crippen molar-refractivity contribution in [2.45, 2.75) is 12.8 Å². The maximum absolute atomic E-state index is 12.3. The summed E-state index contributed by atoms with van der Waals surface area (Å²) in [6, 6.07) is 13.3. The monoisotopic (exact) mass is 387 g/mol. The van der Waals surface area contributed by atoms with Crippen molar-refractivity contribution in [2.75, 3.05) is 18.0 Å². The Morgan fingerprint density at radius 3 is 2.79 bits per heavy atom. The van der Waals surface area contributed by atoms with Crippen LogP contribution >= 0.6 is 15.9 Å². The molecular formula is C18H18BrN3O2. The van der Waals surface area contributed by atoms with Gasteiger partial charge in [-0.15, -0.1) is 0 Å². The van der Waals surface area contributed by atoms with Crippen molar-refractivity contribution < 1.29 is 9.59 Å². The molecule has 1 atom stereocenters. The highest BCUT2D eigenvalue weighted by Gasteiger charge is 2.35. The number of para-hydroxylation sites is 1. The Morgan fingerprint density at radius 1 is 1.25 bits per heavy atom. The van der Waals surface area contributed by atoms with Crippen LogP contribution in [0.25, 0.3) is 0 Å². The van der Waals surface area contributed by atoms with Gasteiger partial charge in [0, 0.05) is 42.3 Å². The minimum atomic E-state index is -0.312. The summed E-state index contributed by atoms with van der Waals surface area (Å²) < 4.78 is 0.856. The zero-order chi connectivity index (χ0) is 16.9. The Labute approximate surface area is 149 Å². The van der Waals surface area contributed by atoms with Crippen LogP contribution in [0.5, 0.6) is 0 Å². The van der Waals surface area contributed by atoms with Crippen molar-refractivity contribution in [1.29, 1.82) is 0 Å². The van der Waals surface area contributed by atoms with Crippen LogP contribution in [0.4, 0.5) is 5.69 Å². The number of carbonyl (C=O) groups excluding carboxylic acids is 2. The van der Waals surface area contributed by atoms with Gasteiger partial charge in [0.05, 0.1) is 11.6 Å². The summed E-state index contributed by atoms with van der Waals surface area (Å²) in [7, 11) is 0. The van der Waals surface area contributed by atoms with Crippen LogP contribution in [0, 0.1) is 5.92 Å². The lowest BCUT2D eigenvalue weighted by Gasteiger charge is -2.18. The first-order chi connectivity index (χ1) is 11.6. The molecule has 1 fully saturated rings. The van der Waals surface area contributed by atoms with Crippen molar-refractivity contribution in [2.24, 2.45) is 5.92 Å². The van der Waals surface area contributed by atoms with Crippen LogP contribution in [0.15, 0.2) is 53.1 Å².